The summed E-state index contributed by atoms with van der Waals surface area (Å²) in [4.78, 5) is 2.56. The quantitative estimate of drug-likeness (QED) is 0.864. The Morgan fingerprint density at radius 2 is 2.05 bits per heavy atom. The molecule has 0 amide bonds. The Morgan fingerprint density at radius 1 is 1.35 bits per heavy atom. The number of ether oxygens (including phenoxy) is 1. The Morgan fingerprint density at radius 3 is 2.60 bits per heavy atom. The molecule has 2 atom stereocenters. The fourth-order valence-corrected chi connectivity index (χ4v) is 3.59. The Hall–Kier alpha value is -1.06. The van der Waals surface area contributed by atoms with Gasteiger partial charge in [-0.1, -0.05) is 19.9 Å². The zero-order valence-corrected chi connectivity index (χ0v) is 13.4. The highest BCUT2D eigenvalue weighted by Crippen LogP contribution is 2.37. The highest BCUT2D eigenvalue weighted by atomic mass is 16.5. The molecule has 0 bridgehead atoms. The van der Waals surface area contributed by atoms with Crippen LogP contribution >= 0.6 is 0 Å². The van der Waals surface area contributed by atoms with E-state index in [4.69, 9.17) is 4.74 Å². The second-order valence-electron chi connectivity index (χ2n) is 5.74. The van der Waals surface area contributed by atoms with Crippen molar-refractivity contribution in [1.82, 2.24) is 10.2 Å². The summed E-state index contributed by atoms with van der Waals surface area (Å²) in [6.07, 6.45) is 3.54. The molecule has 1 aliphatic rings. The molecule has 112 valence electrons. The first kappa shape index (κ1) is 15.3. The molecule has 1 aliphatic carbocycles. The molecule has 0 radical (unpaired) electrons. The van der Waals surface area contributed by atoms with Crippen molar-refractivity contribution in [3.05, 3.63) is 29.3 Å². The third-order valence-electron chi connectivity index (χ3n) is 4.85. The van der Waals surface area contributed by atoms with Gasteiger partial charge in [0.25, 0.3) is 0 Å². The number of hydrogen-bond donors (Lipinski definition) is 1. The van der Waals surface area contributed by atoms with E-state index in [1.54, 1.807) is 7.11 Å². The predicted molar refractivity (Wildman–Crippen MR) is 84.4 cm³/mol. The minimum absolute atomic E-state index is 0.394. The van der Waals surface area contributed by atoms with Crippen LogP contribution in [0.3, 0.4) is 0 Å². The van der Waals surface area contributed by atoms with Gasteiger partial charge < -0.3 is 10.1 Å². The highest BCUT2D eigenvalue weighted by Gasteiger charge is 2.35. The minimum atomic E-state index is 0.394. The molecule has 0 spiro atoms. The van der Waals surface area contributed by atoms with Crippen LogP contribution in [0.15, 0.2) is 18.2 Å². The van der Waals surface area contributed by atoms with Gasteiger partial charge in [0.05, 0.1) is 7.11 Å². The van der Waals surface area contributed by atoms with E-state index in [-0.39, 0.29) is 0 Å². The predicted octanol–water partition coefficient (Wildman–Crippen LogP) is 3.00. The molecule has 1 aromatic carbocycles. The molecule has 0 heterocycles. The molecular weight excluding hydrogens is 248 g/mol. The average Bonchev–Trinajstić information content (AvgIpc) is 2.85. The third kappa shape index (κ3) is 2.70. The van der Waals surface area contributed by atoms with E-state index >= 15 is 0 Å². The summed E-state index contributed by atoms with van der Waals surface area (Å²) in [5.74, 6) is 0.954. The van der Waals surface area contributed by atoms with Crippen LogP contribution in [0.25, 0.3) is 0 Å². The fraction of sp³-hybridized carbons (Fsp3) is 0.647. The molecule has 3 heteroatoms. The van der Waals surface area contributed by atoms with Gasteiger partial charge in [-0.05, 0) is 56.6 Å². The molecule has 0 saturated heterocycles. The number of methoxy groups -OCH3 is 1. The molecule has 0 fully saturated rings. The highest BCUT2D eigenvalue weighted by molar-refractivity contribution is 5.42. The van der Waals surface area contributed by atoms with Gasteiger partial charge in [0.15, 0.2) is 0 Å². The number of nitrogens with one attached hydrogen (secondary N) is 1. The number of likely N-dealkylation sites (N-methyl/N-ethyl adjacent to an activating group) is 2. The lowest BCUT2D eigenvalue weighted by atomic mass is 10.0. The molecule has 3 nitrogen and oxygen atoms in total. The molecule has 0 aliphatic heterocycles. The van der Waals surface area contributed by atoms with Gasteiger partial charge in [-0.15, -0.1) is 0 Å². The van der Waals surface area contributed by atoms with Gasteiger partial charge >= 0.3 is 0 Å². The minimum Gasteiger partial charge on any atom is -0.497 e. The van der Waals surface area contributed by atoms with Gasteiger partial charge in [0, 0.05) is 18.1 Å². The first-order chi connectivity index (χ1) is 9.65. The number of rotatable bonds is 6. The maximum Gasteiger partial charge on any atom is 0.119 e. The Kier molecular flexibility index (Phi) is 5.06. The smallest absolute Gasteiger partial charge is 0.119 e. The van der Waals surface area contributed by atoms with Gasteiger partial charge in [0.2, 0.25) is 0 Å². The second kappa shape index (κ2) is 6.59. The largest absolute Gasteiger partial charge is 0.497 e. The number of fused-ring (bicyclic) bond motifs is 1. The summed E-state index contributed by atoms with van der Waals surface area (Å²) in [7, 11) is 6.07. The van der Waals surface area contributed by atoms with Crippen molar-refractivity contribution in [2.24, 2.45) is 0 Å². The lowest BCUT2D eigenvalue weighted by molar-refractivity contribution is 0.141. The zero-order chi connectivity index (χ0) is 14.7. The van der Waals surface area contributed by atoms with E-state index in [0.29, 0.717) is 18.1 Å². The summed E-state index contributed by atoms with van der Waals surface area (Å²) in [5.41, 5.74) is 2.85. The van der Waals surface area contributed by atoms with E-state index < -0.39 is 0 Å². The van der Waals surface area contributed by atoms with Crippen LogP contribution in [0.4, 0.5) is 0 Å². The SMILES string of the molecule is CCC(CC)N(C)C1Cc2ccc(OC)cc2C1NC. The van der Waals surface area contributed by atoms with Gasteiger partial charge in [-0.2, -0.15) is 0 Å². The first-order valence-corrected chi connectivity index (χ1v) is 7.72. The van der Waals surface area contributed by atoms with Gasteiger partial charge in [0.1, 0.15) is 5.75 Å². The fourth-order valence-electron chi connectivity index (χ4n) is 3.59. The van der Waals surface area contributed by atoms with E-state index in [0.717, 1.165) is 12.2 Å². The van der Waals surface area contributed by atoms with E-state index in [1.807, 2.05) is 0 Å². The van der Waals surface area contributed by atoms with Gasteiger partial charge in [-0.25, -0.2) is 0 Å². The number of nitrogens with zero attached hydrogens (tertiary/aromatic N) is 1. The van der Waals surface area contributed by atoms with Crippen molar-refractivity contribution in [3.8, 4) is 5.75 Å². The maximum absolute atomic E-state index is 5.38. The molecular formula is C17H28N2O. The number of hydrogen-bond acceptors (Lipinski definition) is 3. The topological polar surface area (TPSA) is 24.5 Å². The van der Waals surface area contributed by atoms with Crippen molar-refractivity contribution >= 4 is 0 Å². The van der Waals surface area contributed by atoms with Crippen LogP contribution in [0, 0.1) is 0 Å². The molecule has 2 unspecified atom stereocenters. The van der Waals surface area contributed by atoms with Crippen molar-refractivity contribution in [2.75, 3.05) is 21.2 Å². The standard InChI is InChI=1S/C17H28N2O/c1-6-13(7-2)19(4)16-10-12-8-9-14(20-5)11-15(12)17(16)18-3/h8-9,11,13,16-18H,6-7,10H2,1-5H3. The molecule has 2 rings (SSSR count). The monoisotopic (exact) mass is 276 g/mol. The van der Waals surface area contributed by atoms with Crippen LogP contribution in [0.1, 0.15) is 43.9 Å². The zero-order valence-electron chi connectivity index (χ0n) is 13.4. The van der Waals surface area contributed by atoms with Crippen LogP contribution in [0.2, 0.25) is 0 Å². The van der Waals surface area contributed by atoms with Crippen molar-refractivity contribution < 1.29 is 4.74 Å². The van der Waals surface area contributed by atoms with E-state index in [9.17, 15) is 0 Å². The summed E-state index contributed by atoms with van der Waals surface area (Å²) < 4.78 is 5.38. The summed E-state index contributed by atoms with van der Waals surface area (Å²) >= 11 is 0. The summed E-state index contributed by atoms with van der Waals surface area (Å²) in [5, 5.41) is 3.51. The molecule has 0 saturated carbocycles. The second-order valence-corrected chi connectivity index (χ2v) is 5.74. The van der Waals surface area contributed by atoms with Crippen LogP contribution in [0.5, 0.6) is 5.75 Å². The van der Waals surface area contributed by atoms with Crippen molar-refractivity contribution in [3.63, 3.8) is 0 Å². The molecule has 20 heavy (non-hydrogen) atoms. The van der Waals surface area contributed by atoms with E-state index in [1.165, 1.54) is 24.0 Å². The average molecular weight is 276 g/mol. The van der Waals surface area contributed by atoms with Crippen LogP contribution in [-0.4, -0.2) is 38.2 Å². The Balaban J connectivity index is 2.26. The normalized spacial score (nSPS) is 21.6. The lowest BCUT2D eigenvalue weighted by Gasteiger charge is -2.35. The van der Waals surface area contributed by atoms with Crippen LogP contribution in [-0.2, 0) is 6.42 Å². The molecule has 1 N–H and O–H groups in total. The Labute approximate surface area is 123 Å². The van der Waals surface area contributed by atoms with Gasteiger partial charge in [-0.3, -0.25) is 4.90 Å². The van der Waals surface area contributed by atoms with Crippen LogP contribution < -0.4 is 10.1 Å². The van der Waals surface area contributed by atoms with E-state index in [2.05, 4.69) is 56.4 Å². The third-order valence-corrected chi connectivity index (χ3v) is 4.85. The lowest BCUT2D eigenvalue weighted by Crippen LogP contribution is -2.45. The number of benzene rings is 1. The van der Waals surface area contributed by atoms with Crippen molar-refractivity contribution in [1.29, 1.82) is 0 Å². The maximum atomic E-state index is 5.38. The van der Waals surface area contributed by atoms with Crippen molar-refractivity contribution in [2.45, 2.75) is 51.2 Å². The molecule has 1 aromatic rings. The Bertz CT molecular complexity index is 443. The summed E-state index contributed by atoms with van der Waals surface area (Å²) in [6.45, 7) is 4.56. The molecule has 0 aromatic heterocycles. The first-order valence-electron chi connectivity index (χ1n) is 7.72. The summed E-state index contributed by atoms with van der Waals surface area (Å²) in [6, 6.07) is 8.08.